The van der Waals surface area contributed by atoms with E-state index in [-0.39, 0.29) is 40.0 Å². The van der Waals surface area contributed by atoms with Gasteiger partial charge in [-0.15, -0.1) is 12.4 Å². The zero-order valence-corrected chi connectivity index (χ0v) is 16.0. The fourth-order valence-corrected chi connectivity index (χ4v) is 2.99. The summed E-state index contributed by atoms with van der Waals surface area (Å²) in [6, 6.07) is 11.4. The van der Waals surface area contributed by atoms with Crippen molar-refractivity contribution in [3.05, 3.63) is 74.6 Å². The first-order valence-corrected chi connectivity index (χ1v) is 7.88. The van der Waals surface area contributed by atoms with E-state index in [0.717, 1.165) is 0 Å². The molecular formula is C17H15Cl3N4O3. The molecule has 10 heteroatoms. The molecule has 142 valence electrons. The molecule has 27 heavy (non-hydrogen) atoms. The number of hydrogen-bond donors (Lipinski definition) is 2. The van der Waals surface area contributed by atoms with Gasteiger partial charge in [0.2, 0.25) is 0 Å². The zero-order chi connectivity index (χ0) is 18.1. The second-order valence-electron chi connectivity index (χ2n) is 5.20. The van der Waals surface area contributed by atoms with Crippen molar-refractivity contribution >= 4 is 58.2 Å². The second kappa shape index (κ2) is 8.88. The summed E-state index contributed by atoms with van der Waals surface area (Å²) in [5.41, 5.74) is 10.8. The van der Waals surface area contributed by atoms with Gasteiger partial charge in [0.05, 0.1) is 16.3 Å². The number of fused-ring (bicyclic) bond motifs is 1. The molecule has 0 fully saturated rings. The molecule has 6 N–H and O–H groups in total. The number of nitrogens with zero attached hydrogens (tertiary/aromatic N) is 2. The number of nitrogens with two attached hydrogens (primary N) is 2. The van der Waals surface area contributed by atoms with Crippen LogP contribution in [0.15, 0.2) is 58.4 Å². The lowest BCUT2D eigenvalue weighted by molar-refractivity contribution is 0.100. The van der Waals surface area contributed by atoms with E-state index >= 15 is 0 Å². The van der Waals surface area contributed by atoms with E-state index in [1.807, 2.05) is 0 Å². The minimum absolute atomic E-state index is 0. The summed E-state index contributed by atoms with van der Waals surface area (Å²) in [6.45, 7) is 0. The van der Waals surface area contributed by atoms with Crippen LogP contribution in [0.1, 0.15) is 10.4 Å². The summed E-state index contributed by atoms with van der Waals surface area (Å²) in [5.74, 6) is -1.02. The van der Waals surface area contributed by atoms with Gasteiger partial charge in [0, 0.05) is 22.0 Å². The smallest absolute Gasteiger partial charge is 0.282 e. The fraction of sp³-hybridized carbons (Fsp3) is 0. The summed E-state index contributed by atoms with van der Waals surface area (Å²) in [7, 11) is 0. The quantitative estimate of drug-likeness (QED) is 0.477. The highest BCUT2D eigenvalue weighted by molar-refractivity contribution is 6.35. The van der Waals surface area contributed by atoms with Crippen molar-refractivity contribution in [1.82, 2.24) is 4.57 Å². The number of halogens is 3. The molecule has 0 aliphatic carbocycles. The molecule has 0 saturated carbocycles. The van der Waals surface area contributed by atoms with Crippen LogP contribution >= 0.6 is 35.6 Å². The van der Waals surface area contributed by atoms with E-state index in [0.29, 0.717) is 21.5 Å². The van der Waals surface area contributed by atoms with Gasteiger partial charge in [-0.05, 0) is 24.3 Å². The van der Waals surface area contributed by atoms with Gasteiger partial charge in [0.1, 0.15) is 0 Å². The molecule has 0 saturated heterocycles. The van der Waals surface area contributed by atoms with E-state index in [9.17, 15) is 9.59 Å². The predicted molar refractivity (Wildman–Crippen MR) is 111 cm³/mol. The normalized spacial score (nSPS) is 9.85. The van der Waals surface area contributed by atoms with Crippen molar-refractivity contribution in [2.24, 2.45) is 16.5 Å². The SMILES string of the molecule is Cl.NC(N)=NC(=O)c1cn(-c2ccc(Cl)cc2Cl)c(=O)c2ccccc12.O. The van der Waals surface area contributed by atoms with Gasteiger partial charge >= 0.3 is 0 Å². The lowest BCUT2D eigenvalue weighted by atomic mass is 10.1. The maximum absolute atomic E-state index is 12.8. The van der Waals surface area contributed by atoms with Crippen molar-refractivity contribution in [3.8, 4) is 5.69 Å². The Morgan fingerprint density at radius 3 is 2.26 bits per heavy atom. The molecule has 3 rings (SSSR count). The summed E-state index contributed by atoms with van der Waals surface area (Å²) < 4.78 is 1.27. The molecule has 0 radical (unpaired) electrons. The lowest BCUT2D eigenvalue weighted by Crippen LogP contribution is -2.25. The van der Waals surface area contributed by atoms with Gasteiger partial charge in [0.15, 0.2) is 5.96 Å². The molecule has 1 heterocycles. The van der Waals surface area contributed by atoms with E-state index in [1.54, 1.807) is 36.4 Å². The van der Waals surface area contributed by atoms with Crippen molar-refractivity contribution in [1.29, 1.82) is 0 Å². The van der Waals surface area contributed by atoms with Crippen molar-refractivity contribution in [3.63, 3.8) is 0 Å². The molecule has 0 aliphatic rings. The number of aliphatic imine (C=N–C) groups is 1. The summed E-state index contributed by atoms with van der Waals surface area (Å²) >= 11 is 12.1. The highest BCUT2D eigenvalue weighted by Gasteiger charge is 2.16. The molecule has 3 aromatic rings. The molecule has 0 aliphatic heterocycles. The molecule has 0 atom stereocenters. The first kappa shape index (κ1) is 22.5. The van der Waals surface area contributed by atoms with E-state index < -0.39 is 5.91 Å². The summed E-state index contributed by atoms with van der Waals surface area (Å²) in [4.78, 5) is 28.8. The number of pyridine rings is 1. The van der Waals surface area contributed by atoms with Crippen LogP contribution in [-0.4, -0.2) is 21.9 Å². The minimum atomic E-state index is -0.657. The number of carbonyl (C=O) groups is 1. The molecule has 0 bridgehead atoms. The molecule has 1 amide bonds. The Hall–Kier alpha value is -2.58. The number of guanidine groups is 1. The van der Waals surface area contributed by atoms with Crippen molar-refractivity contribution in [2.75, 3.05) is 0 Å². The van der Waals surface area contributed by atoms with E-state index in [2.05, 4.69) is 4.99 Å². The van der Waals surface area contributed by atoms with Gasteiger partial charge in [-0.2, -0.15) is 4.99 Å². The molecule has 0 unspecified atom stereocenters. The number of aromatic nitrogens is 1. The Balaban J connectivity index is 0.00000182. The van der Waals surface area contributed by atoms with E-state index in [4.69, 9.17) is 34.7 Å². The predicted octanol–water partition coefficient (Wildman–Crippen LogP) is 2.31. The third-order valence-electron chi connectivity index (χ3n) is 3.55. The van der Waals surface area contributed by atoms with Gasteiger partial charge in [-0.1, -0.05) is 41.4 Å². The van der Waals surface area contributed by atoms with Gasteiger partial charge in [-0.25, -0.2) is 0 Å². The highest BCUT2D eigenvalue weighted by Crippen LogP contribution is 2.25. The first-order chi connectivity index (χ1) is 11.9. The number of rotatable bonds is 2. The van der Waals surface area contributed by atoms with Crippen LogP contribution in [0.4, 0.5) is 0 Å². The average Bonchev–Trinajstić information content (AvgIpc) is 2.55. The van der Waals surface area contributed by atoms with Crippen LogP contribution in [0, 0.1) is 0 Å². The van der Waals surface area contributed by atoms with Crippen LogP contribution < -0.4 is 17.0 Å². The van der Waals surface area contributed by atoms with Crippen molar-refractivity contribution < 1.29 is 10.3 Å². The largest absolute Gasteiger partial charge is 0.412 e. The maximum Gasteiger partial charge on any atom is 0.282 e. The molecule has 7 nitrogen and oxygen atoms in total. The third kappa shape index (κ3) is 4.40. The van der Waals surface area contributed by atoms with E-state index in [1.165, 1.54) is 16.8 Å². The molecule has 0 spiro atoms. The average molecular weight is 430 g/mol. The van der Waals surface area contributed by atoms with Crippen molar-refractivity contribution in [2.45, 2.75) is 0 Å². The fourth-order valence-electron chi connectivity index (χ4n) is 2.49. The number of benzene rings is 2. The molecule has 2 aromatic carbocycles. The van der Waals surface area contributed by atoms with Crippen LogP contribution in [-0.2, 0) is 0 Å². The number of carbonyl (C=O) groups excluding carboxylic acids is 1. The topological polar surface area (TPSA) is 135 Å². The van der Waals surface area contributed by atoms with Crippen LogP contribution in [0.3, 0.4) is 0 Å². The third-order valence-corrected chi connectivity index (χ3v) is 4.09. The Bertz CT molecular complexity index is 1090. The monoisotopic (exact) mass is 428 g/mol. The zero-order valence-electron chi connectivity index (χ0n) is 13.6. The molecule has 1 aromatic heterocycles. The lowest BCUT2D eigenvalue weighted by Gasteiger charge is -2.12. The number of amides is 1. The Kier molecular flexibility index (Phi) is 7.38. The van der Waals surface area contributed by atoms with Crippen LogP contribution in [0.5, 0.6) is 0 Å². The van der Waals surface area contributed by atoms with Gasteiger partial charge < -0.3 is 16.9 Å². The Morgan fingerprint density at radius 1 is 1.04 bits per heavy atom. The number of hydrogen-bond acceptors (Lipinski definition) is 2. The molecular weight excluding hydrogens is 415 g/mol. The Labute approximate surface area is 169 Å². The van der Waals surface area contributed by atoms with Gasteiger partial charge in [-0.3, -0.25) is 14.2 Å². The standard InChI is InChI=1S/C17H12Cl2N4O2.ClH.H2O/c18-9-5-6-14(13(19)7-9)23-8-12(15(24)22-17(20)21)10-3-1-2-4-11(10)16(23)25;;/h1-8H,(H4,20,21,22,24);1H;1H2. The highest BCUT2D eigenvalue weighted by atomic mass is 35.5. The first-order valence-electron chi connectivity index (χ1n) is 7.12. The van der Waals surface area contributed by atoms with Crippen LogP contribution in [0.25, 0.3) is 16.5 Å². The minimum Gasteiger partial charge on any atom is -0.412 e. The maximum atomic E-state index is 12.8. The summed E-state index contributed by atoms with van der Waals surface area (Å²) in [6.07, 6.45) is 1.37. The second-order valence-corrected chi connectivity index (χ2v) is 6.04. The summed E-state index contributed by atoms with van der Waals surface area (Å²) in [5, 5.41) is 1.48. The Morgan fingerprint density at radius 2 is 1.67 bits per heavy atom. The van der Waals surface area contributed by atoms with Crippen LogP contribution in [0.2, 0.25) is 10.0 Å². The van der Waals surface area contributed by atoms with Gasteiger partial charge in [0.25, 0.3) is 11.5 Å².